The number of aromatic nitrogens is 1. The Balaban J connectivity index is 2.09. The van der Waals surface area contributed by atoms with E-state index in [0.29, 0.717) is 25.2 Å². The lowest BCUT2D eigenvalue weighted by Crippen LogP contribution is -2.43. The van der Waals surface area contributed by atoms with Crippen LogP contribution < -0.4 is 5.32 Å². The maximum atomic E-state index is 11.4. The number of nitrogens with one attached hydrogen (secondary N) is 1. The highest BCUT2D eigenvalue weighted by molar-refractivity contribution is 6.33. The van der Waals surface area contributed by atoms with Gasteiger partial charge in [0.15, 0.2) is 0 Å². The Morgan fingerprint density at radius 2 is 2.37 bits per heavy atom. The molecule has 2 rings (SSSR count). The number of carboxylic acids is 1. The summed E-state index contributed by atoms with van der Waals surface area (Å²) < 4.78 is 0. The number of carbonyl (C=O) groups is 2. The van der Waals surface area contributed by atoms with E-state index >= 15 is 0 Å². The highest BCUT2D eigenvalue weighted by Gasteiger charge is 2.23. The van der Waals surface area contributed by atoms with Crippen molar-refractivity contribution < 1.29 is 14.7 Å². The molecule has 6 nitrogen and oxygen atoms in total. The Hall–Kier alpha value is -1.82. The number of carbonyl (C=O) groups excluding carboxylic acids is 1. The molecule has 1 saturated heterocycles. The second-order valence-electron chi connectivity index (χ2n) is 4.51. The lowest BCUT2D eigenvalue weighted by atomic mass is 10.1. The quantitative estimate of drug-likeness (QED) is 0.878. The molecule has 0 bridgehead atoms. The number of hydrogen-bond donors (Lipinski definition) is 2. The maximum Gasteiger partial charge on any atom is 0.337 e. The first kappa shape index (κ1) is 13.6. The first-order valence-corrected chi connectivity index (χ1v) is 6.24. The minimum Gasteiger partial charge on any atom is -0.478 e. The summed E-state index contributed by atoms with van der Waals surface area (Å²) in [5.41, 5.74) is 0.0133. The third-order valence-electron chi connectivity index (χ3n) is 3.06. The van der Waals surface area contributed by atoms with Gasteiger partial charge in [-0.1, -0.05) is 11.6 Å². The Labute approximate surface area is 115 Å². The summed E-state index contributed by atoms with van der Waals surface area (Å²) in [5, 5.41) is 12.2. The fourth-order valence-corrected chi connectivity index (χ4v) is 2.20. The maximum absolute atomic E-state index is 11.4. The molecule has 1 aromatic heterocycles. The van der Waals surface area contributed by atoms with E-state index in [0.717, 1.165) is 0 Å². The third-order valence-corrected chi connectivity index (χ3v) is 3.37. The van der Waals surface area contributed by atoms with E-state index in [-0.39, 0.29) is 22.5 Å². The second kappa shape index (κ2) is 5.44. The smallest absolute Gasteiger partial charge is 0.337 e. The number of aromatic carboxylic acids is 1. The number of hydrogen-bond acceptors (Lipinski definition) is 4. The van der Waals surface area contributed by atoms with Crippen molar-refractivity contribution in [1.82, 2.24) is 9.88 Å². The summed E-state index contributed by atoms with van der Waals surface area (Å²) in [7, 11) is 1.74. The zero-order valence-electron chi connectivity index (χ0n) is 10.4. The van der Waals surface area contributed by atoms with E-state index in [4.69, 9.17) is 16.7 Å². The molecular weight excluding hydrogens is 270 g/mol. The molecule has 2 N–H and O–H groups in total. The molecule has 0 aromatic carbocycles. The molecule has 1 aliphatic rings. The van der Waals surface area contributed by atoms with Crippen LogP contribution in [-0.4, -0.2) is 46.5 Å². The average molecular weight is 284 g/mol. The monoisotopic (exact) mass is 283 g/mol. The van der Waals surface area contributed by atoms with Crippen molar-refractivity contribution in [3.05, 3.63) is 22.8 Å². The van der Waals surface area contributed by atoms with E-state index in [2.05, 4.69) is 10.3 Å². The van der Waals surface area contributed by atoms with Gasteiger partial charge < -0.3 is 15.3 Å². The first-order valence-electron chi connectivity index (χ1n) is 5.86. The van der Waals surface area contributed by atoms with Crippen LogP contribution in [0.5, 0.6) is 0 Å². The second-order valence-corrected chi connectivity index (χ2v) is 4.92. The van der Waals surface area contributed by atoms with E-state index in [1.807, 2.05) is 0 Å². The van der Waals surface area contributed by atoms with Gasteiger partial charge in [0.1, 0.15) is 5.82 Å². The highest BCUT2D eigenvalue weighted by atomic mass is 35.5. The lowest BCUT2D eigenvalue weighted by molar-refractivity contribution is -0.132. The SMILES string of the molecule is CN1CC(Nc2cc(C(=O)O)c(Cl)cn2)CCC1=O. The number of nitrogens with zero attached hydrogens (tertiary/aromatic N) is 2. The molecule has 102 valence electrons. The molecule has 0 saturated carbocycles. The lowest BCUT2D eigenvalue weighted by Gasteiger charge is -2.30. The summed E-state index contributed by atoms with van der Waals surface area (Å²) in [4.78, 5) is 28.0. The fourth-order valence-electron chi connectivity index (χ4n) is 2.02. The molecule has 7 heteroatoms. The molecule has 0 radical (unpaired) electrons. The topological polar surface area (TPSA) is 82.5 Å². The first-order chi connectivity index (χ1) is 8.97. The van der Waals surface area contributed by atoms with Crippen LogP contribution in [0.1, 0.15) is 23.2 Å². The molecule has 1 unspecified atom stereocenters. The van der Waals surface area contributed by atoms with Crippen molar-refractivity contribution in [2.75, 3.05) is 18.9 Å². The molecule has 2 heterocycles. The van der Waals surface area contributed by atoms with Crippen molar-refractivity contribution in [2.45, 2.75) is 18.9 Å². The largest absolute Gasteiger partial charge is 0.478 e. The molecule has 0 aliphatic carbocycles. The molecule has 0 spiro atoms. The number of rotatable bonds is 3. The number of likely N-dealkylation sites (N-methyl/N-ethyl adjacent to an activating group) is 1. The normalized spacial score (nSPS) is 19.4. The number of halogens is 1. The Bertz CT molecular complexity index is 521. The van der Waals surface area contributed by atoms with Crippen LogP contribution >= 0.6 is 11.6 Å². The molecular formula is C12H14ClN3O3. The van der Waals surface area contributed by atoms with Gasteiger partial charge in [-0.2, -0.15) is 0 Å². The van der Waals surface area contributed by atoms with Crippen molar-refractivity contribution in [3.8, 4) is 0 Å². The molecule has 1 aliphatic heterocycles. The summed E-state index contributed by atoms with van der Waals surface area (Å²) in [6, 6.07) is 1.47. The number of pyridine rings is 1. The summed E-state index contributed by atoms with van der Waals surface area (Å²) >= 11 is 5.75. The van der Waals surface area contributed by atoms with Gasteiger partial charge in [0.2, 0.25) is 5.91 Å². The number of likely N-dealkylation sites (tertiary alicyclic amines) is 1. The predicted octanol–water partition coefficient (Wildman–Crippen LogP) is 1.47. The van der Waals surface area contributed by atoms with Crippen molar-refractivity contribution in [3.63, 3.8) is 0 Å². The zero-order chi connectivity index (χ0) is 14.0. The molecule has 1 atom stereocenters. The number of amides is 1. The van der Waals surface area contributed by atoms with Gasteiger partial charge in [-0.05, 0) is 12.5 Å². The van der Waals surface area contributed by atoms with Crippen LogP contribution in [0.3, 0.4) is 0 Å². The van der Waals surface area contributed by atoms with Crippen LogP contribution in [0.25, 0.3) is 0 Å². The molecule has 1 amide bonds. The molecule has 19 heavy (non-hydrogen) atoms. The summed E-state index contributed by atoms with van der Waals surface area (Å²) in [6.07, 6.45) is 2.49. The van der Waals surface area contributed by atoms with Crippen LogP contribution in [0.15, 0.2) is 12.3 Å². The average Bonchev–Trinajstić information content (AvgIpc) is 2.36. The Morgan fingerprint density at radius 3 is 3.00 bits per heavy atom. The van der Waals surface area contributed by atoms with Gasteiger partial charge in [-0.15, -0.1) is 0 Å². The Kier molecular flexibility index (Phi) is 3.90. The van der Waals surface area contributed by atoms with E-state index in [9.17, 15) is 9.59 Å². The van der Waals surface area contributed by atoms with Gasteiger partial charge in [-0.3, -0.25) is 4.79 Å². The number of carboxylic acid groups (broad SMARTS) is 1. The standard InChI is InChI=1S/C12H14ClN3O3/c1-16-6-7(2-3-11(16)17)15-10-4-8(12(18)19)9(13)5-14-10/h4-5,7H,2-3,6H2,1H3,(H,14,15)(H,18,19). The van der Waals surface area contributed by atoms with Gasteiger partial charge in [0.05, 0.1) is 10.6 Å². The van der Waals surface area contributed by atoms with E-state index in [1.54, 1.807) is 11.9 Å². The minimum absolute atomic E-state index is 0.0133. The van der Waals surface area contributed by atoms with Crippen LogP contribution in [0.2, 0.25) is 5.02 Å². The third kappa shape index (κ3) is 3.14. The fraction of sp³-hybridized carbons (Fsp3) is 0.417. The minimum atomic E-state index is -1.09. The summed E-state index contributed by atoms with van der Waals surface area (Å²) in [5.74, 6) is -0.519. The van der Waals surface area contributed by atoms with E-state index < -0.39 is 5.97 Å². The van der Waals surface area contributed by atoms with Gasteiger partial charge in [0, 0.05) is 32.3 Å². The molecule has 1 aromatic rings. The van der Waals surface area contributed by atoms with Crippen LogP contribution in [0.4, 0.5) is 5.82 Å². The van der Waals surface area contributed by atoms with Crippen molar-refractivity contribution >= 4 is 29.3 Å². The summed E-state index contributed by atoms with van der Waals surface area (Å²) in [6.45, 7) is 0.575. The van der Waals surface area contributed by atoms with Crippen molar-refractivity contribution in [1.29, 1.82) is 0 Å². The highest BCUT2D eigenvalue weighted by Crippen LogP contribution is 2.20. The van der Waals surface area contributed by atoms with Crippen LogP contribution in [-0.2, 0) is 4.79 Å². The van der Waals surface area contributed by atoms with Gasteiger partial charge in [0.25, 0.3) is 0 Å². The van der Waals surface area contributed by atoms with E-state index in [1.165, 1.54) is 12.3 Å². The number of piperidine rings is 1. The number of anilines is 1. The molecule has 1 fully saturated rings. The predicted molar refractivity (Wildman–Crippen MR) is 70.5 cm³/mol. The zero-order valence-corrected chi connectivity index (χ0v) is 11.1. The Morgan fingerprint density at radius 1 is 1.63 bits per heavy atom. The van der Waals surface area contributed by atoms with Crippen molar-refractivity contribution in [2.24, 2.45) is 0 Å². The van der Waals surface area contributed by atoms with Gasteiger partial charge >= 0.3 is 5.97 Å². The van der Waals surface area contributed by atoms with Crippen LogP contribution in [0, 0.1) is 0 Å². The van der Waals surface area contributed by atoms with Gasteiger partial charge in [-0.25, -0.2) is 9.78 Å².